The number of aryl methyl sites for hydroxylation is 4. The monoisotopic (exact) mass is 411 g/mol. The van der Waals surface area contributed by atoms with Gasteiger partial charge < -0.3 is 10.1 Å². The van der Waals surface area contributed by atoms with Crippen molar-refractivity contribution in [1.82, 2.24) is 15.1 Å². The number of aromatic nitrogens is 2. The SMILES string of the molecule is CCn1ncc(C(C)NC(=O)c2cc(COc3c(C)cc(C)cc3C)cs2)c1C. The van der Waals surface area contributed by atoms with Crippen molar-refractivity contribution in [1.29, 1.82) is 0 Å². The summed E-state index contributed by atoms with van der Waals surface area (Å²) in [5, 5.41) is 9.43. The van der Waals surface area contributed by atoms with Gasteiger partial charge in [-0.2, -0.15) is 5.10 Å². The predicted molar refractivity (Wildman–Crippen MR) is 118 cm³/mol. The number of hydrogen-bond acceptors (Lipinski definition) is 4. The lowest BCUT2D eigenvalue weighted by Crippen LogP contribution is -2.26. The smallest absolute Gasteiger partial charge is 0.261 e. The highest BCUT2D eigenvalue weighted by Crippen LogP contribution is 2.26. The molecule has 3 aromatic rings. The molecule has 29 heavy (non-hydrogen) atoms. The number of benzene rings is 1. The van der Waals surface area contributed by atoms with Crippen LogP contribution in [-0.2, 0) is 13.2 Å². The zero-order valence-electron chi connectivity index (χ0n) is 18.0. The molecule has 0 aliphatic rings. The summed E-state index contributed by atoms with van der Waals surface area (Å²) in [6.45, 7) is 13.6. The topological polar surface area (TPSA) is 56.2 Å². The van der Waals surface area contributed by atoms with Gasteiger partial charge in [0.25, 0.3) is 5.91 Å². The number of thiophene rings is 1. The number of ether oxygens (including phenoxy) is 1. The maximum Gasteiger partial charge on any atom is 0.261 e. The molecule has 1 unspecified atom stereocenters. The summed E-state index contributed by atoms with van der Waals surface area (Å²) >= 11 is 1.44. The summed E-state index contributed by atoms with van der Waals surface area (Å²) in [5.74, 6) is 0.852. The summed E-state index contributed by atoms with van der Waals surface area (Å²) in [6.07, 6.45) is 1.84. The number of carbonyl (C=O) groups excluding carboxylic acids is 1. The van der Waals surface area contributed by atoms with Gasteiger partial charge in [0.05, 0.1) is 17.1 Å². The molecule has 2 heterocycles. The molecule has 0 fully saturated rings. The van der Waals surface area contributed by atoms with E-state index in [0.717, 1.165) is 40.2 Å². The highest BCUT2D eigenvalue weighted by atomic mass is 32.1. The molecule has 6 heteroatoms. The molecule has 5 nitrogen and oxygen atoms in total. The van der Waals surface area contributed by atoms with Crippen LogP contribution in [0.3, 0.4) is 0 Å². The molecule has 1 N–H and O–H groups in total. The Morgan fingerprint density at radius 1 is 1.21 bits per heavy atom. The van der Waals surface area contributed by atoms with E-state index in [-0.39, 0.29) is 11.9 Å². The van der Waals surface area contributed by atoms with E-state index in [1.165, 1.54) is 16.9 Å². The van der Waals surface area contributed by atoms with E-state index in [0.29, 0.717) is 11.5 Å². The second kappa shape index (κ2) is 8.82. The van der Waals surface area contributed by atoms with Crippen molar-refractivity contribution in [3.8, 4) is 5.75 Å². The second-order valence-electron chi connectivity index (χ2n) is 7.53. The molecule has 1 aromatic carbocycles. The van der Waals surface area contributed by atoms with Gasteiger partial charge in [-0.3, -0.25) is 9.48 Å². The maximum atomic E-state index is 12.7. The Morgan fingerprint density at radius 3 is 2.52 bits per heavy atom. The molecule has 0 saturated heterocycles. The minimum absolute atomic E-state index is 0.0694. The number of rotatable bonds is 7. The van der Waals surface area contributed by atoms with Gasteiger partial charge in [-0.1, -0.05) is 17.7 Å². The van der Waals surface area contributed by atoms with Crippen LogP contribution >= 0.6 is 11.3 Å². The molecular formula is C23H29N3O2S. The fourth-order valence-corrected chi connectivity index (χ4v) is 4.47. The number of hydrogen-bond donors (Lipinski definition) is 1. The third-order valence-corrected chi connectivity index (χ3v) is 6.10. The number of amides is 1. The normalized spacial score (nSPS) is 12.1. The molecule has 0 aliphatic heterocycles. The molecule has 0 radical (unpaired) electrons. The Balaban J connectivity index is 1.63. The quantitative estimate of drug-likeness (QED) is 0.576. The standard InChI is InChI=1S/C23H29N3O2S/c1-7-26-18(6)20(11-24-26)17(5)25-23(27)21-10-19(13-29-21)12-28-22-15(3)8-14(2)9-16(22)4/h8-11,13,17H,7,12H2,1-6H3,(H,25,27). The molecular weight excluding hydrogens is 382 g/mol. The average Bonchev–Trinajstić information content (AvgIpc) is 3.27. The van der Waals surface area contributed by atoms with Gasteiger partial charge in [-0.05, 0) is 64.1 Å². The molecule has 3 rings (SSSR count). The Hall–Kier alpha value is -2.60. The first-order valence-corrected chi connectivity index (χ1v) is 10.8. The van der Waals surface area contributed by atoms with Crippen molar-refractivity contribution in [2.24, 2.45) is 0 Å². The van der Waals surface area contributed by atoms with Gasteiger partial charge in [0, 0.05) is 23.4 Å². The van der Waals surface area contributed by atoms with Crippen molar-refractivity contribution in [2.45, 2.75) is 60.7 Å². The zero-order valence-corrected chi connectivity index (χ0v) is 18.8. The van der Waals surface area contributed by atoms with E-state index >= 15 is 0 Å². The van der Waals surface area contributed by atoms with Crippen LogP contribution in [-0.4, -0.2) is 15.7 Å². The van der Waals surface area contributed by atoms with Crippen LogP contribution in [0.15, 0.2) is 29.8 Å². The highest BCUT2D eigenvalue weighted by Gasteiger charge is 2.17. The maximum absolute atomic E-state index is 12.7. The molecule has 154 valence electrons. The lowest BCUT2D eigenvalue weighted by atomic mass is 10.1. The van der Waals surface area contributed by atoms with E-state index < -0.39 is 0 Å². The Morgan fingerprint density at radius 2 is 1.90 bits per heavy atom. The third-order valence-electron chi connectivity index (χ3n) is 5.12. The minimum atomic E-state index is -0.0949. The van der Waals surface area contributed by atoms with Crippen molar-refractivity contribution in [2.75, 3.05) is 0 Å². The molecule has 1 atom stereocenters. The van der Waals surface area contributed by atoms with E-state index in [4.69, 9.17) is 4.74 Å². The first-order chi connectivity index (χ1) is 13.8. The van der Waals surface area contributed by atoms with Crippen molar-refractivity contribution in [3.05, 3.63) is 68.2 Å². The van der Waals surface area contributed by atoms with E-state index in [1.807, 2.05) is 36.2 Å². The number of carbonyl (C=O) groups is 1. The van der Waals surface area contributed by atoms with Crippen LogP contribution in [0.5, 0.6) is 5.75 Å². The fraction of sp³-hybridized carbons (Fsp3) is 0.391. The molecule has 2 aromatic heterocycles. The minimum Gasteiger partial charge on any atom is -0.488 e. The van der Waals surface area contributed by atoms with Gasteiger partial charge >= 0.3 is 0 Å². The lowest BCUT2D eigenvalue weighted by Gasteiger charge is -2.13. The summed E-state index contributed by atoms with van der Waals surface area (Å²) in [6, 6.07) is 6.06. The third kappa shape index (κ3) is 4.70. The lowest BCUT2D eigenvalue weighted by molar-refractivity contribution is 0.0944. The average molecular weight is 412 g/mol. The first kappa shape index (κ1) is 21.1. The van der Waals surface area contributed by atoms with E-state index in [9.17, 15) is 4.79 Å². The molecule has 0 saturated carbocycles. The van der Waals surface area contributed by atoms with Crippen molar-refractivity contribution in [3.63, 3.8) is 0 Å². The zero-order chi connectivity index (χ0) is 21.1. The van der Waals surface area contributed by atoms with E-state index in [2.05, 4.69) is 50.2 Å². The van der Waals surface area contributed by atoms with Gasteiger partial charge in [0.1, 0.15) is 12.4 Å². The number of nitrogens with one attached hydrogen (secondary N) is 1. The van der Waals surface area contributed by atoms with Gasteiger partial charge in [0.2, 0.25) is 0 Å². The summed E-state index contributed by atoms with van der Waals surface area (Å²) in [5.41, 5.74) is 6.63. The van der Waals surface area contributed by atoms with Crippen LogP contribution in [0.4, 0.5) is 0 Å². The Labute approximate surface area is 176 Å². The van der Waals surface area contributed by atoms with Gasteiger partial charge in [-0.15, -0.1) is 11.3 Å². The fourth-order valence-electron chi connectivity index (χ4n) is 3.67. The van der Waals surface area contributed by atoms with Crippen molar-refractivity contribution < 1.29 is 9.53 Å². The molecule has 0 bridgehead atoms. The van der Waals surface area contributed by atoms with Gasteiger partial charge in [-0.25, -0.2) is 0 Å². The first-order valence-electron chi connectivity index (χ1n) is 9.91. The second-order valence-corrected chi connectivity index (χ2v) is 8.44. The molecule has 0 aliphatic carbocycles. The van der Waals surface area contributed by atoms with Crippen LogP contribution in [0, 0.1) is 27.7 Å². The Kier molecular flexibility index (Phi) is 6.42. The number of nitrogens with zero attached hydrogens (tertiary/aromatic N) is 2. The van der Waals surface area contributed by atoms with Crippen LogP contribution in [0.1, 0.15) is 63.1 Å². The predicted octanol–water partition coefficient (Wildman–Crippen LogP) is 5.27. The van der Waals surface area contributed by atoms with Crippen molar-refractivity contribution >= 4 is 17.2 Å². The van der Waals surface area contributed by atoms with Gasteiger partial charge in [0.15, 0.2) is 0 Å². The summed E-state index contributed by atoms with van der Waals surface area (Å²) in [4.78, 5) is 13.4. The largest absolute Gasteiger partial charge is 0.488 e. The van der Waals surface area contributed by atoms with Crippen LogP contribution in [0.2, 0.25) is 0 Å². The van der Waals surface area contributed by atoms with Crippen LogP contribution in [0.25, 0.3) is 0 Å². The molecule has 0 spiro atoms. The Bertz CT molecular complexity index is 996. The van der Waals surface area contributed by atoms with Crippen LogP contribution < -0.4 is 10.1 Å². The molecule has 1 amide bonds. The summed E-state index contributed by atoms with van der Waals surface area (Å²) in [7, 11) is 0. The summed E-state index contributed by atoms with van der Waals surface area (Å²) < 4.78 is 7.99. The highest BCUT2D eigenvalue weighted by molar-refractivity contribution is 7.12. The van der Waals surface area contributed by atoms with E-state index in [1.54, 1.807) is 0 Å².